The molecule has 1 saturated carbocycles. The second-order valence-corrected chi connectivity index (χ2v) is 7.16. The number of nitrogens with zero attached hydrogens (tertiary/aromatic N) is 2. The van der Waals surface area contributed by atoms with Gasteiger partial charge >= 0.3 is 0 Å². The summed E-state index contributed by atoms with van der Waals surface area (Å²) < 4.78 is 0. The molecule has 106 valence electrons. The number of hydrogen-bond donors (Lipinski definition) is 1. The van der Waals surface area contributed by atoms with Crippen LogP contribution in [0.25, 0.3) is 0 Å². The lowest BCUT2D eigenvalue weighted by atomic mass is 9.84. The van der Waals surface area contributed by atoms with Crippen LogP contribution in [0.4, 0.5) is 0 Å². The van der Waals surface area contributed by atoms with Crippen LogP contribution in [-0.2, 0) is 0 Å². The lowest BCUT2D eigenvalue weighted by Gasteiger charge is -2.41. The average molecular weight is 253 g/mol. The summed E-state index contributed by atoms with van der Waals surface area (Å²) in [5.74, 6) is 0.829. The molecule has 1 aliphatic heterocycles. The highest BCUT2D eigenvalue weighted by atomic mass is 15.3. The van der Waals surface area contributed by atoms with E-state index in [4.69, 9.17) is 0 Å². The Bertz CT molecular complexity index is 277. The van der Waals surface area contributed by atoms with E-state index < -0.39 is 0 Å². The Morgan fingerprint density at radius 3 is 2.61 bits per heavy atom. The molecule has 0 aromatic heterocycles. The third-order valence-corrected chi connectivity index (χ3v) is 5.22. The molecule has 0 bridgehead atoms. The predicted molar refractivity (Wildman–Crippen MR) is 77.9 cm³/mol. The molecule has 3 unspecified atom stereocenters. The minimum Gasteiger partial charge on any atom is -0.316 e. The van der Waals surface area contributed by atoms with Crippen molar-refractivity contribution in [2.75, 3.05) is 40.3 Å². The van der Waals surface area contributed by atoms with Gasteiger partial charge in [-0.25, -0.2) is 0 Å². The number of hydrogen-bond acceptors (Lipinski definition) is 3. The summed E-state index contributed by atoms with van der Waals surface area (Å²) >= 11 is 0. The molecule has 0 spiro atoms. The normalized spacial score (nSPS) is 38.2. The molecule has 1 saturated heterocycles. The summed E-state index contributed by atoms with van der Waals surface area (Å²) in [5.41, 5.74) is 0.467. The number of piperazine rings is 1. The quantitative estimate of drug-likeness (QED) is 0.825. The van der Waals surface area contributed by atoms with Crippen molar-refractivity contribution in [2.45, 2.75) is 45.7 Å². The van der Waals surface area contributed by atoms with Crippen molar-refractivity contribution in [1.29, 1.82) is 0 Å². The molecule has 3 nitrogen and oxygen atoms in total. The average Bonchev–Trinajstić information content (AvgIpc) is 2.57. The van der Waals surface area contributed by atoms with Gasteiger partial charge in [0.05, 0.1) is 0 Å². The highest BCUT2D eigenvalue weighted by Crippen LogP contribution is 2.41. The summed E-state index contributed by atoms with van der Waals surface area (Å²) in [6, 6.07) is 1.40. The lowest BCUT2D eigenvalue weighted by molar-refractivity contribution is 0.0775. The molecule has 1 heterocycles. The fraction of sp³-hybridized carbons (Fsp3) is 1.00. The standard InChI is InChI=1S/C15H31N3/c1-12-10-17(5)8-9-18(12)11-13-6-7-15(2,3)14(13)16-4/h12-14,16H,6-11H2,1-5H3. The van der Waals surface area contributed by atoms with Crippen LogP contribution in [0.3, 0.4) is 0 Å². The zero-order chi connectivity index (χ0) is 13.3. The van der Waals surface area contributed by atoms with E-state index in [0.717, 1.165) is 5.92 Å². The first-order chi connectivity index (χ1) is 8.44. The highest BCUT2D eigenvalue weighted by Gasteiger charge is 2.41. The summed E-state index contributed by atoms with van der Waals surface area (Å²) in [6.45, 7) is 12.2. The zero-order valence-electron chi connectivity index (χ0n) is 12.9. The molecular formula is C15H31N3. The van der Waals surface area contributed by atoms with Gasteiger partial charge in [0, 0.05) is 38.3 Å². The van der Waals surface area contributed by atoms with Crippen molar-refractivity contribution in [3.63, 3.8) is 0 Å². The van der Waals surface area contributed by atoms with E-state index in [1.54, 1.807) is 0 Å². The molecule has 18 heavy (non-hydrogen) atoms. The van der Waals surface area contributed by atoms with Crippen molar-refractivity contribution in [1.82, 2.24) is 15.1 Å². The SMILES string of the molecule is CNC1C(CN2CCN(C)CC2C)CCC1(C)C. The van der Waals surface area contributed by atoms with Crippen molar-refractivity contribution < 1.29 is 0 Å². The summed E-state index contributed by atoms with van der Waals surface area (Å²) in [6.07, 6.45) is 2.75. The maximum atomic E-state index is 3.58. The Morgan fingerprint density at radius 2 is 2.00 bits per heavy atom. The van der Waals surface area contributed by atoms with Gasteiger partial charge in [0.2, 0.25) is 0 Å². The van der Waals surface area contributed by atoms with Gasteiger partial charge in [-0.2, -0.15) is 0 Å². The summed E-state index contributed by atoms with van der Waals surface area (Å²) in [5, 5.41) is 3.58. The first-order valence-corrected chi connectivity index (χ1v) is 7.54. The molecule has 0 radical (unpaired) electrons. The molecule has 1 N–H and O–H groups in total. The molecule has 1 aliphatic carbocycles. The van der Waals surface area contributed by atoms with E-state index in [9.17, 15) is 0 Å². The van der Waals surface area contributed by atoms with Crippen LogP contribution in [-0.4, -0.2) is 62.2 Å². The van der Waals surface area contributed by atoms with Crippen LogP contribution in [0.2, 0.25) is 0 Å². The molecule has 3 atom stereocenters. The topological polar surface area (TPSA) is 18.5 Å². The molecule has 0 aromatic rings. The predicted octanol–water partition coefficient (Wildman–Crippen LogP) is 1.65. The van der Waals surface area contributed by atoms with E-state index in [1.807, 2.05) is 0 Å². The van der Waals surface area contributed by atoms with Gasteiger partial charge in [0.25, 0.3) is 0 Å². The highest BCUT2D eigenvalue weighted by molar-refractivity contribution is 4.97. The Hall–Kier alpha value is -0.120. The first kappa shape index (κ1) is 14.3. The molecule has 2 fully saturated rings. The fourth-order valence-electron chi connectivity index (χ4n) is 4.09. The number of likely N-dealkylation sites (N-methyl/N-ethyl adjacent to an activating group) is 1. The van der Waals surface area contributed by atoms with Gasteiger partial charge in [0.1, 0.15) is 0 Å². The van der Waals surface area contributed by atoms with Gasteiger partial charge in [-0.1, -0.05) is 13.8 Å². The van der Waals surface area contributed by atoms with Crippen molar-refractivity contribution >= 4 is 0 Å². The van der Waals surface area contributed by atoms with Gasteiger partial charge in [-0.05, 0) is 45.2 Å². The lowest BCUT2D eigenvalue weighted by Crippen LogP contribution is -2.53. The second-order valence-electron chi connectivity index (χ2n) is 7.16. The van der Waals surface area contributed by atoms with Gasteiger partial charge in [0.15, 0.2) is 0 Å². The van der Waals surface area contributed by atoms with Crippen molar-refractivity contribution in [3.8, 4) is 0 Å². The van der Waals surface area contributed by atoms with Crippen LogP contribution in [0.5, 0.6) is 0 Å². The molecule has 0 aromatic carbocycles. The van der Waals surface area contributed by atoms with Crippen LogP contribution in [0.15, 0.2) is 0 Å². The molecule has 2 aliphatic rings. The van der Waals surface area contributed by atoms with E-state index in [-0.39, 0.29) is 0 Å². The fourth-order valence-corrected chi connectivity index (χ4v) is 4.09. The third kappa shape index (κ3) is 2.89. The Morgan fingerprint density at radius 1 is 1.28 bits per heavy atom. The van der Waals surface area contributed by atoms with Crippen molar-refractivity contribution in [2.24, 2.45) is 11.3 Å². The zero-order valence-corrected chi connectivity index (χ0v) is 12.9. The van der Waals surface area contributed by atoms with Gasteiger partial charge in [-0.3, -0.25) is 4.90 Å². The second kappa shape index (κ2) is 5.48. The van der Waals surface area contributed by atoms with E-state index in [0.29, 0.717) is 17.5 Å². The van der Waals surface area contributed by atoms with Crippen LogP contribution in [0.1, 0.15) is 33.6 Å². The van der Waals surface area contributed by atoms with Crippen LogP contribution < -0.4 is 5.32 Å². The number of nitrogens with one attached hydrogen (secondary N) is 1. The molecule has 3 heteroatoms. The number of rotatable bonds is 3. The van der Waals surface area contributed by atoms with E-state index in [2.05, 4.69) is 50.0 Å². The molecular weight excluding hydrogens is 222 g/mol. The Kier molecular flexibility index (Phi) is 4.35. The molecule has 2 rings (SSSR count). The Balaban J connectivity index is 1.93. The summed E-state index contributed by atoms with van der Waals surface area (Å²) in [7, 11) is 4.38. The van der Waals surface area contributed by atoms with Crippen LogP contribution >= 0.6 is 0 Å². The Labute approximate surface area is 113 Å². The van der Waals surface area contributed by atoms with E-state index >= 15 is 0 Å². The smallest absolute Gasteiger partial charge is 0.0195 e. The van der Waals surface area contributed by atoms with E-state index in [1.165, 1.54) is 39.0 Å². The van der Waals surface area contributed by atoms with Gasteiger partial charge < -0.3 is 10.2 Å². The molecule has 0 amide bonds. The summed E-state index contributed by atoms with van der Waals surface area (Å²) in [4.78, 5) is 5.16. The largest absolute Gasteiger partial charge is 0.316 e. The van der Waals surface area contributed by atoms with Gasteiger partial charge in [-0.15, -0.1) is 0 Å². The minimum absolute atomic E-state index is 0.467. The third-order valence-electron chi connectivity index (χ3n) is 5.22. The minimum atomic E-state index is 0.467. The van der Waals surface area contributed by atoms with Crippen LogP contribution in [0, 0.1) is 11.3 Å². The maximum absolute atomic E-state index is 3.58. The first-order valence-electron chi connectivity index (χ1n) is 7.54. The monoisotopic (exact) mass is 253 g/mol. The van der Waals surface area contributed by atoms with Crippen molar-refractivity contribution in [3.05, 3.63) is 0 Å². The maximum Gasteiger partial charge on any atom is 0.0195 e.